The summed E-state index contributed by atoms with van der Waals surface area (Å²) in [5.74, 6) is 2.62. The number of epoxide rings is 1. The van der Waals surface area contributed by atoms with Crippen LogP contribution >= 0.6 is 0 Å². The molecule has 1 aromatic rings. The summed E-state index contributed by atoms with van der Waals surface area (Å²) in [4.78, 5) is 0. The van der Waals surface area contributed by atoms with E-state index in [-0.39, 0.29) is 6.10 Å². The van der Waals surface area contributed by atoms with Crippen molar-refractivity contribution in [2.24, 2.45) is 0 Å². The summed E-state index contributed by atoms with van der Waals surface area (Å²) in [5, 5.41) is 10.8. The molecule has 1 heterocycles. The van der Waals surface area contributed by atoms with Crippen LogP contribution in [0.3, 0.4) is 0 Å². The molecule has 0 radical (unpaired) electrons. The number of hydrogen-bond acceptors (Lipinski definition) is 2. The SMILES string of the molecule is C#CC[C@@]1(O)CCCC[C@]12O[C@H]2c1ccccc1. The third-order valence-corrected chi connectivity index (χ3v) is 4.37. The van der Waals surface area contributed by atoms with Gasteiger partial charge in [-0.1, -0.05) is 43.2 Å². The Morgan fingerprint density at radius 1 is 1.28 bits per heavy atom. The third-order valence-electron chi connectivity index (χ3n) is 4.37. The van der Waals surface area contributed by atoms with E-state index in [9.17, 15) is 5.11 Å². The standard InChI is InChI=1S/C16H18O2/c1-2-10-15(17)11-6-7-12-16(15)14(18-16)13-8-4-3-5-9-13/h1,3-5,8-9,14,17H,6-7,10-12H2/t14-,15+,16+/m0/s1. The number of hydrogen-bond donors (Lipinski definition) is 1. The molecule has 1 N–H and O–H groups in total. The van der Waals surface area contributed by atoms with Crippen molar-refractivity contribution in [3.8, 4) is 12.3 Å². The highest BCUT2D eigenvalue weighted by molar-refractivity contribution is 5.31. The highest BCUT2D eigenvalue weighted by atomic mass is 16.6. The quantitative estimate of drug-likeness (QED) is 0.639. The second-order valence-electron chi connectivity index (χ2n) is 5.42. The van der Waals surface area contributed by atoms with Gasteiger partial charge in [0, 0.05) is 6.42 Å². The smallest absolute Gasteiger partial charge is 0.129 e. The number of terminal acetylenes is 1. The van der Waals surface area contributed by atoms with Gasteiger partial charge >= 0.3 is 0 Å². The van der Waals surface area contributed by atoms with Crippen LogP contribution in [0, 0.1) is 12.3 Å². The predicted octanol–water partition coefficient (Wildman–Crippen LogP) is 2.83. The van der Waals surface area contributed by atoms with Crippen molar-refractivity contribution in [3.05, 3.63) is 35.9 Å². The average molecular weight is 242 g/mol. The normalized spacial score (nSPS) is 38.3. The second kappa shape index (κ2) is 4.12. The molecule has 2 heteroatoms. The van der Waals surface area contributed by atoms with E-state index in [4.69, 9.17) is 11.2 Å². The first-order valence-electron chi connectivity index (χ1n) is 6.60. The van der Waals surface area contributed by atoms with Crippen LogP contribution in [0.4, 0.5) is 0 Å². The van der Waals surface area contributed by atoms with E-state index in [0.717, 1.165) is 31.2 Å². The number of benzene rings is 1. The second-order valence-corrected chi connectivity index (χ2v) is 5.42. The van der Waals surface area contributed by atoms with Crippen LogP contribution in [0.15, 0.2) is 30.3 Å². The lowest BCUT2D eigenvalue weighted by atomic mass is 9.70. The van der Waals surface area contributed by atoms with Crippen LogP contribution in [0.1, 0.15) is 43.8 Å². The van der Waals surface area contributed by atoms with Crippen LogP contribution in [0.25, 0.3) is 0 Å². The molecule has 1 aliphatic carbocycles. The largest absolute Gasteiger partial charge is 0.386 e. The molecule has 3 atom stereocenters. The maximum Gasteiger partial charge on any atom is 0.129 e. The number of ether oxygens (including phenoxy) is 1. The van der Waals surface area contributed by atoms with Crippen molar-refractivity contribution in [1.82, 2.24) is 0 Å². The lowest BCUT2D eigenvalue weighted by molar-refractivity contribution is -0.0621. The molecule has 2 nitrogen and oxygen atoms in total. The minimum atomic E-state index is -0.847. The Morgan fingerprint density at radius 3 is 2.72 bits per heavy atom. The zero-order valence-electron chi connectivity index (χ0n) is 10.4. The van der Waals surface area contributed by atoms with E-state index in [0.29, 0.717) is 6.42 Å². The lowest BCUT2D eigenvalue weighted by Crippen LogP contribution is -2.48. The minimum Gasteiger partial charge on any atom is -0.386 e. The molecule has 2 fully saturated rings. The van der Waals surface area contributed by atoms with Gasteiger partial charge in [-0.15, -0.1) is 12.3 Å². The van der Waals surface area contributed by atoms with Gasteiger partial charge in [0.05, 0.1) is 0 Å². The molecule has 18 heavy (non-hydrogen) atoms. The van der Waals surface area contributed by atoms with Gasteiger partial charge in [0.25, 0.3) is 0 Å². The molecule has 2 aliphatic rings. The van der Waals surface area contributed by atoms with Gasteiger partial charge in [-0.05, 0) is 18.4 Å². The molecule has 1 aliphatic heterocycles. The van der Waals surface area contributed by atoms with Crippen LogP contribution in [0.5, 0.6) is 0 Å². The van der Waals surface area contributed by atoms with E-state index in [1.165, 1.54) is 0 Å². The van der Waals surface area contributed by atoms with E-state index in [1.54, 1.807) is 0 Å². The summed E-state index contributed by atoms with van der Waals surface area (Å²) in [6.07, 6.45) is 9.61. The van der Waals surface area contributed by atoms with Crippen LogP contribution in [-0.2, 0) is 4.74 Å². The molecular formula is C16H18O2. The van der Waals surface area contributed by atoms with Crippen molar-refractivity contribution in [2.45, 2.75) is 49.4 Å². The van der Waals surface area contributed by atoms with Crippen molar-refractivity contribution in [2.75, 3.05) is 0 Å². The first kappa shape index (κ1) is 11.8. The summed E-state index contributed by atoms with van der Waals surface area (Å²) in [6, 6.07) is 10.1. The lowest BCUT2D eigenvalue weighted by Gasteiger charge is -2.37. The average Bonchev–Trinajstić information content (AvgIpc) is 3.11. The Kier molecular flexibility index (Phi) is 2.69. The molecule has 0 unspecified atom stereocenters. The predicted molar refractivity (Wildman–Crippen MR) is 69.9 cm³/mol. The van der Waals surface area contributed by atoms with Crippen LogP contribution in [0.2, 0.25) is 0 Å². The van der Waals surface area contributed by atoms with Crippen molar-refractivity contribution >= 4 is 0 Å². The molecule has 0 amide bonds. The first-order chi connectivity index (χ1) is 8.72. The van der Waals surface area contributed by atoms with E-state index >= 15 is 0 Å². The third kappa shape index (κ3) is 1.59. The van der Waals surface area contributed by atoms with Gasteiger partial charge < -0.3 is 9.84 Å². The maximum atomic E-state index is 10.8. The van der Waals surface area contributed by atoms with Crippen molar-refractivity contribution < 1.29 is 9.84 Å². The fourth-order valence-corrected chi connectivity index (χ4v) is 3.34. The summed E-state index contributed by atoms with van der Waals surface area (Å²) in [6.45, 7) is 0. The van der Waals surface area contributed by atoms with Gasteiger partial charge in [-0.25, -0.2) is 0 Å². The summed E-state index contributed by atoms with van der Waals surface area (Å²) < 4.78 is 5.95. The minimum absolute atomic E-state index is 0.0114. The number of aliphatic hydroxyl groups is 1. The maximum absolute atomic E-state index is 10.8. The van der Waals surface area contributed by atoms with Gasteiger partial charge in [0.1, 0.15) is 17.3 Å². The summed E-state index contributed by atoms with van der Waals surface area (Å²) >= 11 is 0. The molecule has 94 valence electrons. The van der Waals surface area contributed by atoms with E-state index in [2.05, 4.69) is 18.1 Å². The molecular weight excluding hydrogens is 224 g/mol. The Labute approximate surface area is 108 Å². The monoisotopic (exact) mass is 242 g/mol. The Bertz CT molecular complexity index is 476. The van der Waals surface area contributed by atoms with Crippen LogP contribution in [-0.4, -0.2) is 16.3 Å². The molecule has 1 spiro atoms. The Morgan fingerprint density at radius 2 is 2.00 bits per heavy atom. The molecule has 0 aromatic heterocycles. The zero-order chi connectivity index (χ0) is 12.6. The molecule has 1 saturated heterocycles. The summed E-state index contributed by atoms with van der Waals surface area (Å²) in [5.41, 5.74) is -0.130. The fraction of sp³-hybridized carbons (Fsp3) is 0.500. The highest BCUT2D eigenvalue weighted by Crippen LogP contribution is 2.62. The van der Waals surface area contributed by atoms with Gasteiger partial charge in [-0.3, -0.25) is 0 Å². The fourth-order valence-electron chi connectivity index (χ4n) is 3.34. The van der Waals surface area contributed by atoms with E-state index in [1.807, 2.05) is 18.2 Å². The zero-order valence-corrected chi connectivity index (χ0v) is 10.4. The molecule has 1 aromatic carbocycles. The van der Waals surface area contributed by atoms with Crippen molar-refractivity contribution in [3.63, 3.8) is 0 Å². The van der Waals surface area contributed by atoms with Gasteiger partial charge in [0.15, 0.2) is 0 Å². The van der Waals surface area contributed by atoms with Crippen molar-refractivity contribution in [1.29, 1.82) is 0 Å². The molecule has 3 rings (SSSR count). The Hall–Kier alpha value is -1.30. The topological polar surface area (TPSA) is 32.8 Å². The molecule has 1 saturated carbocycles. The number of rotatable bonds is 2. The summed E-state index contributed by atoms with van der Waals surface area (Å²) in [7, 11) is 0. The Balaban J connectivity index is 1.89. The van der Waals surface area contributed by atoms with Gasteiger partial charge in [0.2, 0.25) is 0 Å². The van der Waals surface area contributed by atoms with Gasteiger partial charge in [-0.2, -0.15) is 0 Å². The van der Waals surface area contributed by atoms with E-state index < -0.39 is 11.2 Å². The highest BCUT2D eigenvalue weighted by Gasteiger charge is 2.69. The molecule has 0 bridgehead atoms. The van der Waals surface area contributed by atoms with Crippen LogP contribution < -0.4 is 0 Å². The first-order valence-corrected chi connectivity index (χ1v) is 6.60.